The lowest BCUT2D eigenvalue weighted by molar-refractivity contribution is -0.142. The summed E-state index contributed by atoms with van der Waals surface area (Å²) in [5.41, 5.74) is 2.99. The van der Waals surface area contributed by atoms with E-state index in [2.05, 4.69) is 5.32 Å². The van der Waals surface area contributed by atoms with Crippen LogP contribution in [0.15, 0.2) is 36.4 Å². The number of amides is 2. The lowest BCUT2D eigenvalue weighted by Crippen LogP contribution is -2.48. The number of ether oxygens (including phenoxy) is 1. The first-order chi connectivity index (χ1) is 13.2. The third-order valence-corrected chi connectivity index (χ3v) is 5.33. The van der Waals surface area contributed by atoms with E-state index in [1.807, 2.05) is 32.0 Å². The number of nitrogens with zero attached hydrogens (tertiary/aromatic N) is 1. The highest BCUT2D eigenvalue weighted by molar-refractivity contribution is 6.42. The van der Waals surface area contributed by atoms with Gasteiger partial charge in [0.1, 0.15) is 11.8 Å². The Morgan fingerprint density at radius 3 is 2.39 bits per heavy atom. The van der Waals surface area contributed by atoms with E-state index in [0.717, 1.165) is 16.7 Å². The van der Waals surface area contributed by atoms with Crippen LogP contribution in [0, 0.1) is 13.8 Å². The molecule has 5 nitrogen and oxygen atoms in total. The summed E-state index contributed by atoms with van der Waals surface area (Å²) < 4.78 is 5.66. The number of halogens is 2. The Bertz CT molecular complexity index is 871. The molecule has 0 radical (unpaired) electrons. The Hall–Kier alpha value is -2.24. The van der Waals surface area contributed by atoms with Crippen LogP contribution in [0.1, 0.15) is 23.6 Å². The van der Waals surface area contributed by atoms with Gasteiger partial charge in [-0.3, -0.25) is 9.59 Å². The normalized spacial score (nSPS) is 11.6. The Kier molecular flexibility index (Phi) is 7.72. The Labute approximate surface area is 175 Å². The van der Waals surface area contributed by atoms with Crippen molar-refractivity contribution in [1.82, 2.24) is 10.2 Å². The Balaban J connectivity index is 2.16. The molecule has 1 unspecified atom stereocenters. The molecular weight excluding hydrogens is 399 g/mol. The van der Waals surface area contributed by atoms with E-state index >= 15 is 0 Å². The monoisotopic (exact) mass is 422 g/mol. The van der Waals surface area contributed by atoms with Crippen LogP contribution in [0.5, 0.6) is 5.75 Å². The van der Waals surface area contributed by atoms with Crippen molar-refractivity contribution in [3.05, 3.63) is 63.1 Å². The van der Waals surface area contributed by atoms with Crippen LogP contribution in [-0.2, 0) is 16.1 Å². The van der Waals surface area contributed by atoms with Crippen molar-refractivity contribution in [3.63, 3.8) is 0 Å². The van der Waals surface area contributed by atoms with Crippen molar-refractivity contribution < 1.29 is 14.3 Å². The zero-order valence-corrected chi connectivity index (χ0v) is 17.9. The van der Waals surface area contributed by atoms with E-state index in [4.69, 9.17) is 27.9 Å². The number of carbonyl (C=O) groups is 2. The number of rotatable bonds is 7. The van der Waals surface area contributed by atoms with Crippen LogP contribution in [0.4, 0.5) is 0 Å². The molecule has 2 aromatic rings. The molecule has 0 aliphatic heterocycles. The van der Waals surface area contributed by atoms with Gasteiger partial charge in [-0.1, -0.05) is 35.3 Å². The van der Waals surface area contributed by atoms with E-state index in [-0.39, 0.29) is 25.0 Å². The second-order valence-electron chi connectivity index (χ2n) is 6.60. The number of carbonyl (C=O) groups excluding carboxylic acids is 2. The van der Waals surface area contributed by atoms with Crippen LogP contribution in [0.3, 0.4) is 0 Å². The van der Waals surface area contributed by atoms with E-state index in [9.17, 15) is 9.59 Å². The molecule has 1 atom stereocenters. The lowest BCUT2D eigenvalue weighted by atomic mass is 10.1. The fraction of sp³-hybridized carbons (Fsp3) is 0.333. The van der Waals surface area contributed by atoms with Gasteiger partial charge >= 0.3 is 0 Å². The molecule has 0 fully saturated rings. The first-order valence-electron chi connectivity index (χ1n) is 8.88. The van der Waals surface area contributed by atoms with Crippen LogP contribution >= 0.6 is 23.2 Å². The number of benzene rings is 2. The fourth-order valence-electron chi connectivity index (χ4n) is 2.66. The van der Waals surface area contributed by atoms with Gasteiger partial charge in [0.05, 0.1) is 10.0 Å². The van der Waals surface area contributed by atoms with E-state index in [1.54, 1.807) is 25.1 Å². The van der Waals surface area contributed by atoms with Crippen molar-refractivity contribution in [3.8, 4) is 5.75 Å². The highest BCUT2D eigenvalue weighted by atomic mass is 35.5. The van der Waals surface area contributed by atoms with Crippen molar-refractivity contribution in [1.29, 1.82) is 0 Å². The van der Waals surface area contributed by atoms with Gasteiger partial charge < -0.3 is 15.0 Å². The third-order valence-electron chi connectivity index (χ3n) is 4.59. The highest BCUT2D eigenvalue weighted by Gasteiger charge is 2.26. The average Bonchev–Trinajstić information content (AvgIpc) is 2.68. The topological polar surface area (TPSA) is 58.6 Å². The van der Waals surface area contributed by atoms with Crippen molar-refractivity contribution in [2.24, 2.45) is 0 Å². The van der Waals surface area contributed by atoms with Gasteiger partial charge in [-0.25, -0.2) is 0 Å². The van der Waals surface area contributed by atoms with Gasteiger partial charge in [0.2, 0.25) is 5.91 Å². The standard InChI is InChI=1S/C21H24Cl2N2O3/c1-13-5-7-17(9-14(13)2)28-12-20(26)25(15(3)21(27)24-4)11-16-6-8-18(22)19(23)10-16/h5-10,15H,11-12H2,1-4H3,(H,24,27). The smallest absolute Gasteiger partial charge is 0.261 e. The van der Waals surface area contributed by atoms with Gasteiger partial charge in [0.25, 0.3) is 5.91 Å². The molecular formula is C21H24Cl2N2O3. The van der Waals surface area contributed by atoms with Crippen LogP contribution < -0.4 is 10.1 Å². The van der Waals surface area contributed by atoms with Gasteiger partial charge in [0, 0.05) is 13.6 Å². The summed E-state index contributed by atoms with van der Waals surface area (Å²) in [7, 11) is 1.53. The van der Waals surface area contributed by atoms with E-state index < -0.39 is 6.04 Å². The van der Waals surface area contributed by atoms with Crippen molar-refractivity contribution in [2.75, 3.05) is 13.7 Å². The predicted molar refractivity (Wildman–Crippen MR) is 112 cm³/mol. The molecule has 0 saturated heterocycles. The van der Waals surface area contributed by atoms with Crippen LogP contribution in [0.2, 0.25) is 10.0 Å². The summed E-state index contributed by atoms with van der Waals surface area (Å²) in [6.45, 7) is 5.69. The molecule has 28 heavy (non-hydrogen) atoms. The second-order valence-corrected chi connectivity index (χ2v) is 7.41. The predicted octanol–water partition coefficient (Wildman–Crippen LogP) is 4.15. The Morgan fingerprint density at radius 1 is 1.07 bits per heavy atom. The van der Waals surface area contributed by atoms with Crippen molar-refractivity contribution in [2.45, 2.75) is 33.4 Å². The minimum atomic E-state index is -0.671. The minimum absolute atomic E-state index is 0.175. The second kappa shape index (κ2) is 9.80. The average molecular weight is 423 g/mol. The maximum absolute atomic E-state index is 12.8. The summed E-state index contributed by atoms with van der Waals surface area (Å²) in [6, 6.07) is 10.1. The third kappa shape index (κ3) is 5.63. The van der Waals surface area contributed by atoms with E-state index in [1.165, 1.54) is 11.9 Å². The van der Waals surface area contributed by atoms with Crippen LogP contribution in [0.25, 0.3) is 0 Å². The molecule has 0 heterocycles. The SMILES string of the molecule is CNC(=O)C(C)N(Cc1ccc(Cl)c(Cl)c1)C(=O)COc1ccc(C)c(C)c1. The first kappa shape index (κ1) is 22.1. The van der Waals surface area contributed by atoms with Gasteiger partial charge in [-0.2, -0.15) is 0 Å². The maximum Gasteiger partial charge on any atom is 0.261 e. The lowest BCUT2D eigenvalue weighted by Gasteiger charge is -2.28. The molecule has 0 aromatic heterocycles. The quantitative estimate of drug-likeness (QED) is 0.728. The summed E-state index contributed by atoms with van der Waals surface area (Å²) >= 11 is 12.0. The molecule has 2 rings (SSSR count). The van der Waals surface area contributed by atoms with Gasteiger partial charge in [-0.05, 0) is 61.7 Å². The number of hydrogen-bond donors (Lipinski definition) is 1. The molecule has 150 valence electrons. The Morgan fingerprint density at radius 2 is 1.79 bits per heavy atom. The number of nitrogens with one attached hydrogen (secondary N) is 1. The summed E-state index contributed by atoms with van der Waals surface area (Å²) in [6.07, 6.45) is 0. The zero-order chi connectivity index (χ0) is 20.8. The summed E-state index contributed by atoms with van der Waals surface area (Å²) in [5, 5.41) is 3.40. The molecule has 0 aliphatic rings. The van der Waals surface area contributed by atoms with Crippen molar-refractivity contribution >= 4 is 35.0 Å². The first-order valence-corrected chi connectivity index (χ1v) is 9.63. The van der Waals surface area contributed by atoms with Crippen LogP contribution in [-0.4, -0.2) is 36.4 Å². The fourth-order valence-corrected chi connectivity index (χ4v) is 2.98. The van der Waals surface area contributed by atoms with Gasteiger partial charge in [0.15, 0.2) is 6.61 Å². The molecule has 2 aromatic carbocycles. The minimum Gasteiger partial charge on any atom is -0.484 e. The molecule has 7 heteroatoms. The maximum atomic E-state index is 12.8. The molecule has 0 bridgehead atoms. The van der Waals surface area contributed by atoms with Gasteiger partial charge in [-0.15, -0.1) is 0 Å². The molecule has 2 amide bonds. The molecule has 0 saturated carbocycles. The molecule has 0 spiro atoms. The summed E-state index contributed by atoms with van der Waals surface area (Å²) in [4.78, 5) is 26.4. The molecule has 1 N–H and O–H groups in total. The number of hydrogen-bond acceptors (Lipinski definition) is 3. The zero-order valence-electron chi connectivity index (χ0n) is 16.4. The largest absolute Gasteiger partial charge is 0.484 e. The highest BCUT2D eigenvalue weighted by Crippen LogP contribution is 2.24. The molecule has 0 aliphatic carbocycles. The number of aryl methyl sites for hydroxylation is 2. The summed E-state index contributed by atoms with van der Waals surface area (Å²) in [5.74, 6) is 0.0403. The number of likely N-dealkylation sites (N-methyl/N-ethyl adjacent to an activating group) is 1. The van der Waals surface area contributed by atoms with E-state index in [0.29, 0.717) is 15.8 Å².